The van der Waals surface area contributed by atoms with Crippen molar-refractivity contribution in [3.8, 4) is 0 Å². The lowest BCUT2D eigenvalue weighted by molar-refractivity contribution is -0.121. The Balaban J connectivity index is 0.874. The Morgan fingerprint density at radius 2 is 1.69 bits per heavy atom. The molecule has 0 saturated carbocycles. The number of aliphatic hydroxyl groups is 2. The molecule has 9 N–H and O–H groups in total. The number of aromatic amines is 1. The van der Waals surface area contributed by atoms with E-state index in [-0.39, 0.29) is 59.5 Å². The number of nitrogen functional groups attached to an aromatic ring is 1. The van der Waals surface area contributed by atoms with Gasteiger partial charge in [-0.2, -0.15) is 13.6 Å². The van der Waals surface area contributed by atoms with Crippen molar-refractivity contribution in [3.05, 3.63) is 56.4 Å². The third-order valence-electron chi connectivity index (χ3n) is 11.0. The summed E-state index contributed by atoms with van der Waals surface area (Å²) in [5, 5.41) is 24.5. The molecule has 29 heteroatoms. The highest BCUT2D eigenvalue weighted by atomic mass is 31.3. The number of fused-ring (bicyclic) bond motifs is 3. The average molecular weight is 1010 g/mol. The van der Waals surface area contributed by atoms with Gasteiger partial charge >= 0.3 is 35.1 Å². The Bertz CT molecular complexity index is 2730. The van der Waals surface area contributed by atoms with E-state index < -0.39 is 78.4 Å². The first-order chi connectivity index (χ1) is 31.4. The molecule has 1 amide bonds. The third-order valence-corrected chi connectivity index (χ3v) is 15.3. The Kier molecular flexibility index (Phi) is 16.4. The molecule has 8 atom stereocenters. The minimum atomic E-state index is -5.81. The number of nitrogens with zero attached hydrogens (tertiary/aromatic N) is 4. The number of amides is 1. The van der Waals surface area contributed by atoms with Gasteiger partial charge in [-0.25, -0.2) is 28.3 Å². The zero-order valence-electron chi connectivity index (χ0n) is 36.8. The van der Waals surface area contributed by atoms with Gasteiger partial charge in [0.15, 0.2) is 17.4 Å². The van der Waals surface area contributed by atoms with E-state index >= 15 is 0 Å². The summed E-state index contributed by atoms with van der Waals surface area (Å²) < 4.78 is 71.9. The molecule has 5 heterocycles. The van der Waals surface area contributed by atoms with Crippen LogP contribution in [-0.2, 0) is 45.6 Å². The molecule has 26 nitrogen and oxygen atoms in total. The maximum Gasteiger partial charge on any atom is 0.490 e. The van der Waals surface area contributed by atoms with Crippen LogP contribution >= 0.6 is 23.5 Å². The van der Waals surface area contributed by atoms with Crippen LogP contribution in [-0.4, -0.2) is 113 Å². The number of phosphoric ester groups is 2. The molecule has 6 rings (SSSR count). The molecular weight excluding hydrogens is 951 g/mol. The number of aliphatic hydroxyl groups excluding tert-OH is 2. The number of carbonyl (C=O) groups is 2. The van der Waals surface area contributed by atoms with Crippen molar-refractivity contribution in [2.75, 3.05) is 43.5 Å². The van der Waals surface area contributed by atoms with Crippen LogP contribution in [0.5, 0.6) is 0 Å². The van der Waals surface area contributed by atoms with Gasteiger partial charge in [0.05, 0.1) is 26.1 Å². The van der Waals surface area contributed by atoms with Crippen molar-refractivity contribution in [1.82, 2.24) is 24.8 Å². The van der Waals surface area contributed by atoms with Crippen molar-refractivity contribution in [1.29, 1.82) is 0 Å². The van der Waals surface area contributed by atoms with Gasteiger partial charge in [0.25, 0.3) is 5.56 Å². The average Bonchev–Trinajstić information content (AvgIpc) is 3.76. The number of H-pyrrole nitrogens is 1. The summed E-state index contributed by atoms with van der Waals surface area (Å²) in [6, 6.07) is 5.23. The summed E-state index contributed by atoms with van der Waals surface area (Å²) in [6.07, 6.45) is -2.11. The molecule has 0 bridgehead atoms. The number of benzene rings is 1. The fourth-order valence-electron chi connectivity index (χ4n) is 8.06. The van der Waals surface area contributed by atoms with Gasteiger partial charge in [0.1, 0.15) is 29.5 Å². The maximum atomic E-state index is 12.7. The van der Waals surface area contributed by atoms with Crippen LogP contribution in [0.15, 0.2) is 38.5 Å². The molecule has 2 aliphatic heterocycles. The summed E-state index contributed by atoms with van der Waals surface area (Å²) in [4.78, 5) is 91.9. The van der Waals surface area contributed by atoms with Gasteiger partial charge < -0.3 is 54.7 Å². The van der Waals surface area contributed by atoms with E-state index in [4.69, 9.17) is 24.1 Å². The first-order valence-corrected chi connectivity index (χ1v) is 25.7. The number of imidazole rings is 1. The third kappa shape index (κ3) is 12.8. The van der Waals surface area contributed by atoms with Crippen LogP contribution < -0.4 is 27.1 Å². The van der Waals surface area contributed by atoms with E-state index in [1.165, 1.54) is 6.07 Å². The largest absolute Gasteiger partial charge is 0.490 e. The first kappa shape index (κ1) is 52.0. The smallest absolute Gasteiger partial charge is 0.462 e. The number of unbranched alkanes of at least 4 members (excludes halogenated alkanes) is 3. The molecule has 67 heavy (non-hydrogen) atoms. The molecule has 0 spiro atoms. The number of aromatic nitrogens is 4. The van der Waals surface area contributed by atoms with Gasteiger partial charge in [0, 0.05) is 42.2 Å². The van der Waals surface area contributed by atoms with Crippen LogP contribution in [0.1, 0.15) is 101 Å². The molecule has 1 aromatic carbocycles. The Morgan fingerprint density at radius 1 is 0.985 bits per heavy atom. The molecule has 2 aliphatic rings. The van der Waals surface area contributed by atoms with Gasteiger partial charge in [-0.3, -0.25) is 28.2 Å². The molecule has 0 radical (unpaired) electrons. The Labute approximate surface area is 381 Å². The minimum Gasteiger partial charge on any atom is -0.462 e. The second-order valence-corrected chi connectivity index (χ2v) is 21.2. The molecule has 370 valence electrons. The number of hydrogen-bond acceptors (Lipinski definition) is 20. The van der Waals surface area contributed by atoms with Crippen LogP contribution in [0.3, 0.4) is 0 Å². The summed E-state index contributed by atoms with van der Waals surface area (Å²) in [6.45, 7) is 7.55. The van der Waals surface area contributed by atoms with Crippen LogP contribution in [0.25, 0.3) is 22.1 Å². The van der Waals surface area contributed by atoms with Crippen molar-refractivity contribution in [2.45, 2.75) is 109 Å². The maximum absolute atomic E-state index is 12.7. The number of hydrogen-bond donors (Lipinski definition) is 8. The first-order valence-electron chi connectivity index (χ1n) is 21.2. The summed E-state index contributed by atoms with van der Waals surface area (Å²) in [5.74, 6) is -1.02. The minimum absolute atomic E-state index is 0.119. The number of anilines is 2. The van der Waals surface area contributed by atoms with E-state index in [0.717, 1.165) is 28.6 Å². The summed E-state index contributed by atoms with van der Waals surface area (Å²) in [5.41, 5.74) is 5.59. The molecule has 4 aromatic rings. The Hall–Kier alpha value is -4.39. The van der Waals surface area contributed by atoms with E-state index in [1.807, 2.05) is 12.1 Å². The van der Waals surface area contributed by atoms with E-state index in [2.05, 4.69) is 59.1 Å². The molecular formula is C38H54N7O19P3. The van der Waals surface area contributed by atoms with Crippen LogP contribution in [0.4, 0.5) is 11.6 Å². The van der Waals surface area contributed by atoms with Gasteiger partial charge in [-0.05, 0) is 70.1 Å². The van der Waals surface area contributed by atoms with Crippen molar-refractivity contribution < 1.29 is 79.7 Å². The molecule has 0 aliphatic carbocycles. The molecule has 1 saturated heterocycles. The number of nitrogens with two attached hydrogens (primary N) is 1. The lowest BCUT2D eigenvalue weighted by Crippen LogP contribution is -2.49. The fraction of sp³-hybridized carbons (Fsp3) is 0.579. The number of ether oxygens (including phenoxy) is 2. The highest BCUT2D eigenvalue weighted by Crippen LogP contribution is 2.67. The van der Waals surface area contributed by atoms with Crippen molar-refractivity contribution in [2.24, 2.45) is 0 Å². The predicted octanol–water partition coefficient (Wildman–Crippen LogP) is 3.22. The standard InChI is InChI=1S/C38H54N7O19P3/c1-5-58-35(50)24-16-22-15-23-21(2)18-38(3,4)45(25(23)17-26(22)62-36(24)51)13-10-11-28(46)40-12-8-6-7-9-14-59-65(52,53)63-67(56,57)64-66(54,55)60-19-27-30(47)31(48)34(61-27)44-20-41-29-32(44)42-37(39)43-33(29)49/h15-17,20-21,27,30-31,34,47-48H,5-14,18-19H2,1-4H3,(H,40,46)(H,52,53)(H,54,55)(H,56,57)(H3,39,42,43,49)/t21?,27-,30-,31-,34-/m1/s1. The SMILES string of the molecule is CCOC(=O)c1cc2cc3c(cc2oc1=O)N(CCCC(=O)NCCCCCCOP(=O)(O)OP(=O)(O)OP(=O)(O)OC[C@H]1O[C@@H](n2cnc4c(=O)[nH]c(N)nc42)[C@H](O)[C@@H]1O)C(C)(C)CC3C. The van der Waals surface area contributed by atoms with Gasteiger partial charge in [0.2, 0.25) is 11.9 Å². The zero-order chi connectivity index (χ0) is 49.1. The lowest BCUT2D eigenvalue weighted by Gasteiger charge is -2.47. The topological polar surface area (TPSA) is 377 Å². The van der Waals surface area contributed by atoms with Crippen LogP contribution in [0, 0.1) is 0 Å². The van der Waals surface area contributed by atoms with Crippen LogP contribution in [0.2, 0.25) is 0 Å². The van der Waals surface area contributed by atoms with E-state index in [0.29, 0.717) is 49.7 Å². The summed E-state index contributed by atoms with van der Waals surface area (Å²) in [7, 11) is -16.7. The highest BCUT2D eigenvalue weighted by Gasteiger charge is 2.47. The Morgan fingerprint density at radius 3 is 2.40 bits per heavy atom. The highest BCUT2D eigenvalue weighted by molar-refractivity contribution is 7.66. The number of carbonyl (C=O) groups excluding carboxylic acids is 2. The van der Waals surface area contributed by atoms with Gasteiger partial charge in [-0.15, -0.1) is 0 Å². The second kappa shape index (κ2) is 21.1. The molecule has 1 fully saturated rings. The lowest BCUT2D eigenvalue weighted by atomic mass is 9.79. The molecule has 4 unspecified atom stereocenters. The van der Waals surface area contributed by atoms with Crippen molar-refractivity contribution in [3.63, 3.8) is 0 Å². The fourth-order valence-corrected chi connectivity index (χ4v) is 11.6. The molecule has 3 aromatic heterocycles. The monoisotopic (exact) mass is 1010 g/mol. The quantitative estimate of drug-likeness (QED) is 0.0242. The number of esters is 1. The van der Waals surface area contributed by atoms with Gasteiger partial charge in [-0.1, -0.05) is 19.8 Å². The number of nitrogens with one attached hydrogen (secondary N) is 2. The number of phosphoric acid groups is 3. The zero-order valence-corrected chi connectivity index (χ0v) is 39.5. The second-order valence-electron chi connectivity index (χ2n) is 16.6. The summed E-state index contributed by atoms with van der Waals surface area (Å²) >= 11 is 0. The predicted molar refractivity (Wildman–Crippen MR) is 236 cm³/mol. The van der Waals surface area contributed by atoms with Crippen molar-refractivity contribution >= 4 is 69.1 Å². The number of rotatable bonds is 22. The van der Waals surface area contributed by atoms with E-state index in [1.54, 1.807) is 6.92 Å². The van der Waals surface area contributed by atoms with E-state index in [9.17, 15) is 57.8 Å². The normalized spacial score (nSPS) is 23.1.